The van der Waals surface area contributed by atoms with Crippen LogP contribution in [0.4, 0.5) is 11.9 Å². The Bertz CT molecular complexity index is 1870. The van der Waals surface area contributed by atoms with Crippen molar-refractivity contribution in [1.29, 1.82) is 0 Å². The second-order valence-electron chi connectivity index (χ2n) is 15.0. The molecule has 0 saturated carbocycles. The number of aromatic nitrogens is 4. The quantitative estimate of drug-likeness (QED) is 0.0884. The molecule has 2 aliphatic rings. The Morgan fingerprint density at radius 2 is 0.900 bits per heavy atom. The molecule has 2 fully saturated rings. The summed E-state index contributed by atoms with van der Waals surface area (Å²) in [6.07, 6.45) is 13.3. The van der Waals surface area contributed by atoms with Gasteiger partial charge in [0.05, 0.1) is 11.1 Å². The van der Waals surface area contributed by atoms with E-state index in [9.17, 15) is 19.2 Å². The van der Waals surface area contributed by atoms with E-state index >= 15 is 0 Å². The van der Waals surface area contributed by atoms with Crippen molar-refractivity contribution in [1.82, 2.24) is 29.7 Å². The predicted molar refractivity (Wildman–Crippen MR) is 223 cm³/mol. The summed E-state index contributed by atoms with van der Waals surface area (Å²) < 4.78 is 21.1. The Morgan fingerprint density at radius 3 is 1.22 bits per heavy atom. The zero-order valence-corrected chi connectivity index (χ0v) is 34.8. The van der Waals surface area contributed by atoms with Gasteiger partial charge in [0.2, 0.25) is 11.9 Å². The lowest BCUT2D eigenvalue weighted by molar-refractivity contribution is -0.160. The minimum Gasteiger partial charge on any atom is -0.492 e. The van der Waals surface area contributed by atoms with Crippen LogP contribution in [0.3, 0.4) is 0 Å². The Labute approximate surface area is 350 Å². The second kappa shape index (κ2) is 21.3. The van der Waals surface area contributed by atoms with E-state index in [1.54, 1.807) is 24.3 Å². The van der Waals surface area contributed by atoms with E-state index in [-0.39, 0.29) is 11.1 Å². The fourth-order valence-corrected chi connectivity index (χ4v) is 7.13. The van der Waals surface area contributed by atoms with Crippen LogP contribution >= 0.6 is 0 Å². The van der Waals surface area contributed by atoms with Crippen molar-refractivity contribution >= 4 is 35.8 Å². The monoisotopic (exact) mass is 822 g/mol. The van der Waals surface area contributed by atoms with Crippen LogP contribution < -0.4 is 19.3 Å². The SMILES string of the molecule is CCc1cnc(N2CCC(N(C)CCOc3ccc(C(=O)OC(=O)C(=O)OC(=O)c4ccc(OCCN(C)C5CCN(c6ncc(CC)cn6)CC5)cc4)cc3)CC2)nc1. The van der Waals surface area contributed by atoms with E-state index in [1.165, 1.54) is 24.3 Å². The number of nitrogens with zero attached hydrogens (tertiary/aromatic N) is 8. The summed E-state index contributed by atoms with van der Waals surface area (Å²) in [7, 11) is 4.15. The topological polar surface area (TPSA) is 170 Å². The fourth-order valence-electron chi connectivity index (χ4n) is 7.13. The first kappa shape index (κ1) is 43.6. The Hall–Kier alpha value is -6.00. The normalized spacial score (nSPS) is 14.9. The van der Waals surface area contributed by atoms with Gasteiger partial charge in [-0.2, -0.15) is 0 Å². The highest BCUT2D eigenvalue weighted by Crippen LogP contribution is 2.22. The van der Waals surface area contributed by atoms with E-state index < -0.39 is 23.9 Å². The molecule has 16 heteroatoms. The highest BCUT2D eigenvalue weighted by Gasteiger charge is 2.27. The largest absolute Gasteiger partial charge is 0.492 e. The molecule has 0 N–H and O–H groups in total. The number of piperidine rings is 2. The third-order valence-corrected chi connectivity index (χ3v) is 11.1. The van der Waals surface area contributed by atoms with Crippen molar-refractivity contribution < 1.29 is 38.1 Å². The van der Waals surface area contributed by atoms with Crippen LogP contribution in [-0.2, 0) is 31.9 Å². The first-order valence-electron chi connectivity index (χ1n) is 20.6. The number of likely N-dealkylation sites (N-methyl/N-ethyl adjacent to an activating group) is 2. The van der Waals surface area contributed by atoms with Gasteiger partial charge in [0.1, 0.15) is 24.7 Å². The number of benzene rings is 2. The van der Waals surface area contributed by atoms with E-state index in [2.05, 4.69) is 77.0 Å². The predicted octanol–water partition coefficient (Wildman–Crippen LogP) is 4.42. The molecule has 2 aromatic carbocycles. The van der Waals surface area contributed by atoms with Crippen molar-refractivity contribution in [2.75, 3.05) is 76.4 Å². The lowest BCUT2D eigenvalue weighted by atomic mass is 10.0. The molecule has 0 unspecified atom stereocenters. The molecule has 60 heavy (non-hydrogen) atoms. The molecule has 6 rings (SSSR count). The maximum Gasteiger partial charge on any atom is 0.425 e. The van der Waals surface area contributed by atoms with Crippen LogP contribution in [0.1, 0.15) is 71.4 Å². The molecular formula is C44H54N8O8. The standard InChI is InChI=1S/C44H54N8O8/c1-5-31-27-45-43(46-28-31)51-19-15-35(16-20-51)49(3)23-25-57-37-11-7-33(8-12-37)39(53)59-41(55)42(56)60-40(54)34-9-13-38(14-10-34)58-26-24-50(4)36-17-21-52(22-18-36)44-47-29-32(6-2)30-48-44/h7-14,27-30,35-36H,5-6,15-26H2,1-4H3. The molecule has 4 heterocycles. The van der Waals surface area contributed by atoms with Crippen LogP contribution in [-0.4, -0.2) is 132 Å². The maximum absolute atomic E-state index is 12.6. The maximum atomic E-state index is 12.6. The highest BCUT2D eigenvalue weighted by atomic mass is 16.6. The van der Waals surface area contributed by atoms with Crippen molar-refractivity contribution in [2.45, 2.75) is 64.5 Å². The molecule has 0 spiro atoms. The van der Waals surface area contributed by atoms with E-state index in [1.807, 2.05) is 24.8 Å². The number of ether oxygens (including phenoxy) is 4. The van der Waals surface area contributed by atoms with Crippen LogP contribution in [0.25, 0.3) is 0 Å². The molecule has 0 atom stereocenters. The summed E-state index contributed by atoms with van der Waals surface area (Å²) in [5.41, 5.74) is 2.28. The molecule has 0 aliphatic carbocycles. The molecule has 0 bridgehead atoms. The van der Waals surface area contributed by atoms with Crippen LogP contribution in [0.15, 0.2) is 73.3 Å². The van der Waals surface area contributed by atoms with Gasteiger partial charge in [-0.05, 0) is 112 Å². The van der Waals surface area contributed by atoms with Crippen LogP contribution in [0.5, 0.6) is 11.5 Å². The molecular weight excluding hydrogens is 769 g/mol. The number of rotatable bonds is 16. The number of anilines is 2. The average Bonchev–Trinajstić information content (AvgIpc) is 3.29. The summed E-state index contributed by atoms with van der Waals surface area (Å²) in [6.45, 7) is 9.96. The summed E-state index contributed by atoms with van der Waals surface area (Å²) in [5.74, 6) is -2.76. The highest BCUT2D eigenvalue weighted by molar-refractivity contribution is 6.34. The van der Waals surface area contributed by atoms with E-state index in [0.717, 1.165) is 87.7 Å². The Morgan fingerprint density at radius 1 is 0.567 bits per heavy atom. The fraction of sp³-hybridized carbons (Fsp3) is 0.455. The first-order valence-corrected chi connectivity index (χ1v) is 20.6. The number of hydrogen-bond acceptors (Lipinski definition) is 16. The van der Waals surface area contributed by atoms with Crippen LogP contribution in [0.2, 0.25) is 0 Å². The van der Waals surface area contributed by atoms with Crippen molar-refractivity contribution in [2.24, 2.45) is 0 Å². The van der Waals surface area contributed by atoms with Crippen molar-refractivity contribution in [3.05, 3.63) is 95.6 Å². The third kappa shape index (κ3) is 12.0. The minimum atomic E-state index is -1.61. The lowest BCUT2D eigenvalue weighted by Crippen LogP contribution is -2.45. The third-order valence-electron chi connectivity index (χ3n) is 11.1. The van der Waals surface area contributed by atoms with Gasteiger partial charge in [-0.1, -0.05) is 13.8 Å². The molecule has 318 valence electrons. The van der Waals surface area contributed by atoms with Gasteiger partial charge in [0, 0.05) is 76.1 Å². The first-order chi connectivity index (χ1) is 29.1. The van der Waals surface area contributed by atoms with Gasteiger partial charge >= 0.3 is 23.9 Å². The van der Waals surface area contributed by atoms with Gasteiger partial charge < -0.3 is 28.7 Å². The van der Waals surface area contributed by atoms with Gasteiger partial charge in [-0.3, -0.25) is 9.80 Å². The van der Waals surface area contributed by atoms with Gasteiger partial charge in [0.15, 0.2) is 0 Å². The zero-order valence-electron chi connectivity index (χ0n) is 34.8. The smallest absolute Gasteiger partial charge is 0.425 e. The van der Waals surface area contributed by atoms with Gasteiger partial charge in [-0.25, -0.2) is 39.1 Å². The molecule has 4 aromatic rings. The summed E-state index contributed by atoms with van der Waals surface area (Å²) >= 11 is 0. The van der Waals surface area contributed by atoms with E-state index in [0.29, 0.717) is 49.9 Å². The Balaban J connectivity index is 0.844. The molecule has 2 aliphatic heterocycles. The number of aryl methyl sites for hydroxylation is 2. The molecule has 0 radical (unpaired) electrons. The number of carbonyl (C=O) groups excluding carboxylic acids is 4. The number of hydrogen-bond donors (Lipinski definition) is 0. The molecule has 16 nitrogen and oxygen atoms in total. The van der Waals surface area contributed by atoms with E-state index in [4.69, 9.17) is 9.47 Å². The average molecular weight is 823 g/mol. The molecule has 2 aromatic heterocycles. The summed E-state index contributed by atoms with van der Waals surface area (Å²) in [6, 6.07) is 12.8. The Kier molecular flexibility index (Phi) is 15.5. The second-order valence-corrected chi connectivity index (χ2v) is 15.0. The summed E-state index contributed by atoms with van der Waals surface area (Å²) in [5, 5.41) is 0. The van der Waals surface area contributed by atoms with Gasteiger partial charge in [-0.15, -0.1) is 0 Å². The lowest BCUT2D eigenvalue weighted by Gasteiger charge is -2.36. The van der Waals surface area contributed by atoms with Gasteiger partial charge in [0.25, 0.3) is 0 Å². The molecule has 2 saturated heterocycles. The minimum absolute atomic E-state index is 0.0164. The van der Waals surface area contributed by atoms with Crippen molar-refractivity contribution in [3.8, 4) is 11.5 Å². The number of esters is 4. The van der Waals surface area contributed by atoms with Crippen LogP contribution in [0, 0.1) is 0 Å². The van der Waals surface area contributed by atoms with Crippen molar-refractivity contribution in [3.63, 3.8) is 0 Å². The summed E-state index contributed by atoms with van der Waals surface area (Å²) in [4.78, 5) is 76.8. The molecule has 0 amide bonds. The number of carbonyl (C=O) groups is 4. The zero-order chi connectivity index (χ0) is 42.4.